The fourth-order valence-electron chi connectivity index (χ4n) is 3.42. The van der Waals surface area contributed by atoms with Crippen molar-refractivity contribution < 1.29 is 9.66 Å². The maximum atomic E-state index is 11.8. The van der Waals surface area contributed by atoms with Gasteiger partial charge in [-0.1, -0.05) is 30.3 Å². The van der Waals surface area contributed by atoms with E-state index in [4.69, 9.17) is 4.74 Å². The number of nitrogens with zero attached hydrogens (tertiary/aromatic N) is 2. The molecular weight excluding hydrogens is 330 g/mol. The van der Waals surface area contributed by atoms with Gasteiger partial charge in [-0.3, -0.25) is 10.1 Å². The van der Waals surface area contributed by atoms with E-state index in [1.165, 1.54) is 0 Å². The quantitative estimate of drug-likeness (QED) is 0.633. The van der Waals surface area contributed by atoms with Crippen molar-refractivity contribution in [1.29, 1.82) is 0 Å². The number of fused-ring (bicyclic) bond motifs is 1. The monoisotopic (exact) mass is 353 g/mol. The fraction of sp³-hybridized carbons (Fsp3) is 0.300. The molecule has 0 aliphatic carbocycles. The number of rotatable bonds is 6. The van der Waals surface area contributed by atoms with Crippen LogP contribution in [0, 0.1) is 10.1 Å². The number of para-hydroxylation sites is 1. The standard InChI is InChI=1S/C20H23N3O3/c1-4-22(5-2)15-12-10-14(11-13-15)18-16-8-6-7-9-17(16)26-20(21-3)19(18)23(24)25/h6-13,18,21H,4-5H2,1-3H3. The largest absolute Gasteiger partial charge is 0.435 e. The molecule has 0 amide bonds. The summed E-state index contributed by atoms with van der Waals surface area (Å²) < 4.78 is 5.72. The molecule has 0 radical (unpaired) electrons. The molecule has 2 aromatic rings. The SMILES string of the molecule is CCN(CC)c1ccc(C2C([N+](=O)[O-])=C(NC)Oc3ccccc32)cc1. The molecular formula is C20H23N3O3. The van der Waals surface area contributed by atoms with Crippen LogP contribution in [0.4, 0.5) is 5.69 Å². The van der Waals surface area contributed by atoms with Crippen LogP contribution in [0.15, 0.2) is 60.1 Å². The van der Waals surface area contributed by atoms with Crippen molar-refractivity contribution in [2.45, 2.75) is 19.8 Å². The molecule has 26 heavy (non-hydrogen) atoms. The van der Waals surface area contributed by atoms with Crippen molar-refractivity contribution in [3.8, 4) is 5.75 Å². The third-order valence-corrected chi connectivity index (χ3v) is 4.73. The molecule has 0 spiro atoms. The van der Waals surface area contributed by atoms with Gasteiger partial charge in [-0.2, -0.15) is 0 Å². The maximum absolute atomic E-state index is 11.8. The van der Waals surface area contributed by atoms with Crippen LogP contribution in [0.3, 0.4) is 0 Å². The predicted molar refractivity (Wildman–Crippen MR) is 102 cm³/mol. The first-order chi connectivity index (χ1) is 12.6. The zero-order valence-electron chi connectivity index (χ0n) is 15.2. The molecule has 1 heterocycles. The van der Waals surface area contributed by atoms with Crippen molar-refractivity contribution in [2.75, 3.05) is 25.0 Å². The second kappa shape index (κ2) is 7.47. The van der Waals surface area contributed by atoms with Crippen molar-refractivity contribution in [1.82, 2.24) is 5.32 Å². The molecule has 1 aliphatic rings. The lowest BCUT2D eigenvalue weighted by molar-refractivity contribution is -0.432. The number of hydrogen-bond donors (Lipinski definition) is 1. The Bertz CT molecular complexity index is 826. The summed E-state index contributed by atoms with van der Waals surface area (Å²) in [6.07, 6.45) is 0. The summed E-state index contributed by atoms with van der Waals surface area (Å²) in [6, 6.07) is 15.4. The third-order valence-electron chi connectivity index (χ3n) is 4.73. The summed E-state index contributed by atoms with van der Waals surface area (Å²) in [6.45, 7) is 6.05. The molecule has 1 N–H and O–H groups in total. The molecule has 6 heteroatoms. The van der Waals surface area contributed by atoms with Crippen LogP contribution >= 0.6 is 0 Å². The van der Waals surface area contributed by atoms with Gasteiger partial charge < -0.3 is 15.0 Å². The zero-order valence-corrected chi connectivity index (χ0v) is 15.2. The lowest BCUT2D eigenvalue weighted by atomic mass is 9.86. The molecule has 1 unspecified atom stereocenters. The summed E-state index contributed by atoms with van der Waals surface area (Å²) in [7, 11) is 1.63. The number of anilines is 1. The average Bonchev–Trinajstić information content (AvgIpc) is 2.67. The van der Waals surface area contributed by atoms with Crippen LogP contribution in [0.25, 0.3) is 0 Å². The average molecular weight is 353 g/mol. The molecule has 1 atom stereocenters. The van der Waals surface area contributed by atoms with E-state index < -0.39 is 5.92 Å². The molecule has 3 rings (SSSR count). The van der Waals surface area contributed by atoms with E-state index in [9.17, 15) is 10.1 Å². The number of benzene rings is 2. The maximum Gasteiger partial charge on any atom is 0.317 e. The van der Waals surface area contributed by atoms with E-state index in [-0.39, 0.29) is 16.5 Å². The van der Waals surface area contributed by atoms with Crippen molar-refractivity contribution >= 4 is 5.69 Å². The third kappa shape index (κ3) is 3.10. The highest BCUT2D eigenvalue weighted by molar-refractivity contribution is 5.54. The lowest BCUT2D eigenvalue weighted by Gasteiger charge is -2.26. The molecule has 6 nitrogen and oxygen atoms in total. The Balaban J connectivity index is 2.11. The normalized spacial score (nSPS) is 15.9. The second-order valence-electron chi connectivity index (χ2n) is 6.06. The molecule has 0 bridgehead atoms. The van der Waals surface area contributed by atoms with Gasteiger partial charge in [0.25, 0.3) is 5.88 Å². The minimum atomic E-state index is -0.483. The predicted octanol–water partition coefficient (Wildman–Crippen LogP) is 3.72. The van der Waals surface area contributed by atoms with Gasteiger partial charge in [0, 0.05) is 31.4 Å². The van der Waals surface area contributed by atoms with E-state index >= 15 is 0 Å². The molecule has 0 saturated heterocycles. The first-order valence-electron chi connectivity index (χ1n) is 8.78. The molecule has 0 fully saturated rings. The van der Waals surface area contributed by atoms with Crippen LogP contribution < -0.4 is 15.0 Å². The zero-order chi connectivity index (χ0) is 18.7. The highest BCUT2D eigenvalue weighted by Gasteiger charge is 2.39. The van der Waals surface area contributed by atoms with Gasteiger partial charge in [0.1, 0.15) is 11.7 Å². The van der Waals surface area contributed by atoms with E-state index in [2.05, 4.69) is 24.1 Å². The Hall–Kier alpha value is -3.02. The van der Waals surface area contributed by atoms with Crippen LogP contribution in [-0.4, -0.2) is 25.1 Å². The topological polar surface area (TPSA) is 67.6 Å². The Labute approximate surface area is 153 Å². The van der Waals surface area contributed by atoms with Crippen LogP contribution in [0.2, 0.25) is 0 Å². The van der Waals surface area contributed by atoms with E-state index in [1.807, 2.05) is 48.5 Å². The highest BCUT2D eigenvalue weighted by atomic mass is 16.6. The molecule has 136 valence electrons. The van der Waals surface area contributed by atoms with Crippen LogP contribution in [-0.2, 0) is 0 Å². The number of nitrogens with one attached hydrogen (secondary N) is 1. The van der Waals surface area contributed by atoms with Gasteiger partial charge >= 0.3 is 5.70 Å². The minimum Gasteiger partial charge on any atom is -0.435 e. The van der Waals surface area contributed by atoms with E-state index in [1.54, 1.807) is 7.05 Å². The van der Waals surface area contributed by atoms with Gasteiger partial charge in [0.05, 0.1) is 4.92 Å². The van der Waals surface area contributed by atoms with E-state index in [0.717, 1.165) is 29.9 Å². The Morgan fingerprint density at radius 2 is 1.77 bits per heavy atom. The number of ether oxygens (including phenoxy) is 1. The van der Waals surface area contributed by atoms with Gasteiger partial charge in [-0.05, 0) is 37.6 Å². The summed E-state index contributed by atoms with van der Waals surface area (Å²) in [5.74, 6) is 0.343. The first kappa shape index (κ1) is 17.8. The number of nitro groups is 1. The summed E-state index contributed by atoms with van der Waals surface area (Å²) in [4.78, 5) is 13.7. The van der Waals surface area contributed by atoms with Crippen molar-refractivity contribution in [2.24, 2.45) is 0 Å². The molecule has 0 aromatic heterocycles. The van der Waals surface area contributed by atoms with Gasteiger partial charge in [0.15, 0.2) is 0 Å². The number of hydrogen-bond acceptors (Lipinski definition) is 5. The van der Waals surface area contributed by atoms with Crippen LogP contribution in [0.1, 0.15) is 30.9 Å². The summed E-state index contributed by atoms with van der Waals surface area (Å²) in [5, 5.41) is 14.6. The van der Waals surface area contributed by atoms with Crippen molar-refractivity contribution in [3.63, 3.8) is 0 Å². The smallest absolute Gasteiger partial charge is 0.317 e. The lowest BCUT2D eigenvalue weighted by Crippen LogP contribution is -2.27. The van der Waals surface area contributed by atoms with Crippen molar-refractivity contribution in [3.05, 3.63) is 81.4 Å². The number of allylic oxidation sites excluding steroid dienone is 1. The first-order valence-corrected chi connectivity index (χ1v) is 8.78. The van der Waals surface area contributed by atoms with E-state index in [0.29, 0.717) is 5.75 Å². The summed E-state index contributed by atoms with van der Waals surface area (Å²) >= 11 is 0. The molecule has 0 saturated carbocycles. The molecule has 2 aromatic carbocycles. The van der Waals surface area contributed by atoms with Gasteiger partial charge in [-0.25, -0.2) is 0 Å². The summed E-state index contributed by atoms with van der Waals surface area (Å²) in [5.41, 5.74) is 2.81. The Morgan fingerprint density at radius 1 is 1.12 bits per heavy atom. The Morgan fingerprint density at radius 3 is 2.35 bits per heavy atom. The second-order valence-corrected chi connectivity index (χ2v) is 6.06. The minimum absolute atomic E-state index is 0.0294. The fourth-order valence-corrected chi connectivity index (χ4v) is 3.42. The van der Waals surface area contributed by atoms with Gasteiger partial charge in [-0.15, -0.1) is 0 Å². The molecule has 1 aliphatic heterocycles. The Kier molecular flexibility index (Phi) is 5.11. The van der Waals surface area contributed by atoms with Gasteiger partial charge in [0.2, 0.25) is 0 Å². The highest BCUT2D eigenvalue weighted by Crippen LogP contribution is 2.42. The van der Waals surface area contributed by atoms with Crippen LogP contribution in [0.5, 0.6) is 5.75 Å².